The quantitative estimate of drug-likeness (QED) is 0.312. The molecule has 0 saturated heterocycles. The molecule has 7 heteroatoms. The molecule has 2 heterocycles. The van der Waals surface area contributed by atoms with Crippen LogP contribution in [0.25, 0.3) is 22.3 Å². The number of hydrogen-bond acceptors (Lipinski definition) is 6. The number of benzene rings is 2. The van der Waals surface area contributed by atoms with Crippen LogP contribution in [-0.4, -0.2) is 36.5 Å². The van der Waals surface area contributed by atoms with Crippen molar-refractivity contribution in [3.05, 3.63) is 71.4 Å². The Morgan fingerprint density at radius 1 is 1.00 bits per heavy atom. The van der Waals surface area contributed by atoms with Gasteiger partial charge in [0.15, 0.2) is 22.2 Å². The summed E-state index contributed by atoms with van der Waals surface area (Å²) in [4.78, 5) is 18.4. The molecule has 0 aliphatic carbocycles. The van der Waals surface area contributed by atoms with Crippen LogP contribution in [0.5, 0.6) is 17.2 Å². The fourth-order valence-corrected chi connectivity index (χ4v) is 3.89. The predicted molar refractivity (Wildman–Crippen MR) is 118 cm³/mol. The largest absolute Gasteiger partial charge is 0.497 e. The topological polar surface area (TPSA) is 62.1 Å². The Morgan fingerprint density at radius 3 is 2.47 bits per heavy atom. The van der Waals surface area contributed by atoms with Crippen molar-refractivity contribution in [1.29, 1.82) is 0 Å². The van der Waals surface area contributed by atoms with E-state index in [0.29, 0.717) is 17.1 Å². The first-order valence-electron chi connectivity index (χ1n) is 9.19. The molecule has 0 bridgehead atoms. The Labute approximate surface area is 178 Å². The first-order chi connectivity index (χ1) is 14.6. The van der Waals surface area contributed by atoms with Gasteiger partial charge in [0.05, 0.1) is 32.7 Å². The van der Waals surface area contributed by atoms with E-state index in [1.54, 1.807) is 63.0 Å². The zero-order chi connectivity index (χ0) is 21.1. The summed E-state index contributed by atoms with van der Waals surface area (Å²) in [5, 5.41) is 1.97. The van der Waals surface area contributed by atoms with Gasteiger partial charge in [-0.1, -0.05) is 0 Å². The molecule has 0 amide bonds. The Kier molecular flexibility index (Phi) is 5.54. The number of ketones is 1. The van der Waals surface area contributed by atoms with Crippen molar-refractivity contribution in [2.75, 3.05) is 21.3 Å². The maximum atomic E-state index is 12.8. The molecule has 6 nitrogen and oxygen atoms in total. The summed E-state index contributed by atoms with van der Waals surface area (Å²) < 4.78 is 17.7. The van der Waals surface area contributed by atoms with Gasteiger partial charge in [-0.3, -0.25) is 9.20 Å². The molecule has 0 unspecified atom stereocenters. The van der Waals surface area contributed by atoms with Crippen molar-refractivity contribution < 1.29 is 19.0 Å². The van der Waals surface area contributed by atoms with Crippen LogP contribution in [0, 0.1) is 0 Å². The van der Waals surface area contributed by atoms with Crippen molar-refractivity contribution in [3.63, 3.8) is 0 Å². The highest BCUT2D eigenvalue weighted by Gasteiger charge is 2.14. The van der Waals surface area contributed by atoms with Gasteiger partial charge in [0.25, 0.3) is 0 Å². The first-order valence-corrected chi connectivity index (χ1v) is 10.1. The van der Waals surface area contributed by atoms with Crippen molar-refractivity contribution in [3.8, 4) is 28.5 Å². The van der Waals surface area contributed by atoms with Gasteiger partial charge >= 0.3 is 0 Å². The lowest BCUT2D eigenvalue weighted by Crippen LogP contribution is -1.97. The number of allylic oxidation sites excluding steroid dienone is 1. The summed E-state index contributed by atoms with van der Waals surface area (Å²) in [5.74, 6) is 1.73. The zero-order valence-corrected chi connectivity index (χ0v) is 17.6. The highest BCUT2D eigenvalue weighted by molar-refractivity contribution is 7.15. The van der Waals surface area contributed by atoms with Crippen LogP contribution in [0.15, 0.2) is 60.1 Å². The van der Waals surface area contributed by atoms with Crippen molar-refractivity contribution in [1.82, 2.24) is 9.38 Å². The molecule has 2 aromatic carbocycles. The fraction of sp³-hybridized carbons (Fsp3) is 0.130. The van der Waals surface area contributed by atoms with E-state index in [-0.39, 0.29) is 5.78 Å². The minimum absolute atomic E-state index is 0.137. The van der Waals surface area contributed by atoms with Gasteiger partial charge in [0, 0.05) is 22.7 Å². The number of fused-ring (bicyclic) bond motifs is 1. The molecule has 0 spiro atoms. The Hall–Kier alpha value is -3.58. The second-order valence-corrected chi connectivity index (χ2v) is 7.27. The number of carbonyl (C=O) groups is 1. The molecule has 0 radical (unpaired) electrons. The maximum Gasteiger partial charge on any atom is 0.194 e. The van der Waals surface area contributed by atoms with E-state index in [1.807, 2.05) is 40.2 Å². The number of rotatable bonds is 7. The molecular formula is C23H20N2O4S. The second kappa shape index (κ2) is 8.42. The highest BCUT2D eigenvalue weighted by Crippen LogP contribution is 2.30. The van der Waals surface area contributed by atoms with Crippen molar-refractivity contribution in [2.24, 2.45) is 0 Å². The summed E-state index contributed by atoms with van der Waals surface area (Å²) in [7, 11) is 4.74. The monoisotopic (exact) mass is 420 g/mol. The lowest BCUT2D eigenvalue weighted by molar-refractivity contribution is 0.104. The Balaban J connectivity index is 1.70. The molecule has 2 aromatic heterocycles. The summed E-state index contributed by atoms with van der Waals surface area (Å²) in [6.45, 7) is 0. The van der Waals surface area contributed by atoms with Crippen LogP contribution in [-0.2, 0) is 0 Å². The number of hydrogen-bond donors (Lipinski definition) is 0. The molecule has 0 fully saturated rings. The van der Waals surface area contributed by atoms with E-state index in [1.165, 1.54) is 0 Å². The summed E-state index contributed by atoms with van der Waals surface area (Å²) in [6, 6.07) is 12.8. The van der Waals surface area contributed by atoms with E-state index in [2.05, 4.69) is 0 Å². The number of aromatic nitrogens is 2. The standard InChI is InChI=1S/C23H20N2O4S/c1-27-17-7-4-15(5-8-17)22-18(25-12-13-30-23(25)24-22)9-10-19(26)16-6-11-20(28-2)21(14-16)29-3/h4-14H,1-3H3. The summed E-state index contributed by atoms with van der Waals surface area (Å²) >= 11 is 1.54. The van der Waals surface area contributed by atoms with Gasteiger partial charge in [0.2, 0.25) is 0 Å². The number of thiazole rings is 1. The van der Waals surface area contributed by atoms with Crippen LogP contribution in [0.3, 0.4) is 0 Å². The third-order valence-electron chi connectivity index (χ3n) is 4.72. The molecule has 4 aromatic rings. The molecule has 0 aliphatic rings. The van der Waals surface area contributed by atoms with Crippen LogP contribution >= 0.6 is 11.3 Å². The van der Waals surface area contributed by atoms with Gasteiger partial charge in [-0.2, -0.15) is 0 Å². The van der Waals surface area contributed by atoms with Crippen molar-refractivity contribution in [2.45, 2.75) is 0 Å². The van der Waals surface area contributed by atoms with E-state index in [0.717, 1.165) is 27.7 Å². The minimum Gasteiger partial charge on any atom is -0.497 e. The molecule has 152 valence electrons. The Bertz CT molecular complexity index is 1220. The number of ether oxygens (including phenoxy) is 3. The van der Waals surface area contributed by atoms with Crippen LogP contribution in [0.4, 0.5) is 0 Å². The molecule has 0 saturated carbocycles. The first kappa shape index (κ1) is 19.7. The second-order valence-electron chi connectivity index (χ2n) is 6.40. The molecule has 0 aliphatic heterocycles. The molecule has 30 heavy (non-hydrogen) atoms. The normalized spacial score (nSPS) is 11.2. The third kappa shape index (κ3) is 3.67. The third-order valence-corrected chi connectivity index (χ3v) is 5.48. The number of nitrogens with zero attached hydrogens (tertiary/aromatic N) is 2. The summed E-state index contributed by atoms with van der Waals surface area (Å²) in [6.07, 6.45) is 5.29. The molecule has 0 N–H and O–H groups in total. The predicted octanol–water partition coefficient (Wildman–Crippen LogP) is 4.98. The van der Waals surface area contributed by atoms with Gasteiger partial charge in [-0.05, 0) is 54.6 Å². The van der Waals surface area contributed by atoms with Crippen molar-refractivity contribution >= 4 is 28.2 Å². The highest BCUT2D eigenvalue weighted by atomic mass is 32.1. The van der Waals surface area contributed by atoms with Gasteiger partial charge in [0.1, 0.15) is 5.75 Å². The minimum atomic E-state index is -0.137. The van der Waals surface area contributed by atoms with E-state index < -0.39 is 0 Å². The molecular weight excluding hydrogens is 400 g/mol. The average molecular weight is 420 g/mol. The SMILES string of the molecule is COc1ccc(-c2nc3sccn3c2C=CC(=O)c2ccc(OC)c(OC)c2)cc1. The smallest absolute Gasteiger partial charge is 0.194 e. The summed E-state index contributed by atoms with van der Waals surface area (Å²) in [5.41, 5.74) is 3.11. The molecule has 4 rings (SSSR count). The van der Waals surface area contributed by atoms with E-state index >= 15 is 0 Å². The van der Waals surface area contributed by atoms with Gasteiger partial charge < -0.3 is 14.2 Å². The Morgan fingerprint density at radius 2 is 1.77 bits per heavy atom. The number of carbonyl (C=O) groups excluding carboxylic acids is 1. The van der Waals surface area contributed by atoms with Gasteiger partial charge in [-0.25, -0.2) is 4.98 Å². The number of methoxy groups -OCH3 is 3. The lowest BCUT2D eigenvalue weighted by atomic mass is 10.1. The average Bonchev–Trinajstić information content (AvgIpc) is 3.38. The van der Waals surface area contributed by atoms with Crippen LogP contribution < -0.4 is 14.2 Å². The van der Waals surface area contributed by atoms with Crippen LogP contribution in [0.1, 0.15) is 16.1 Å². The van der Waals surface area contributed by atoms with Crippen LogP contribution in [0.2, 0.25) is 0 Å². The zero-order valence-electron chi connectivity index (χ0n) is 16.8. The number of imidazole rings is 1. The van der Waals surface area contributed by atoms with E-state index in [9.17, 15) is 4.79 Å². The lowest BCUT2D eigenvalue weighted by Gasteiger charge is -2.08. The maximum absolute atomic E-state index is 12.8. The van der Waals surface area contributed by atoms with E-state index in [4.69, 9.17) is 19.2 Å². The van der Waals surface area contributed by atoms with Gasteiger partial charge in [-0.15, -0.1) is 11.3 Å². The fourth-order valence-electron chi connectivity index (χ4n) is 3.16. The molecule has 0 atom stereocenters.